The van der Waals surface area contributed by atoms with Crippen LogP contribution in [0.1, 0.15) is 16.8 Å². The molecule has 1 aromatic heterocycles. The monoisotopic (exact) mass is 426 g/mol. The fraction of sp³-hybridized carbons (Fsp3) is 0.227. The summed E-state index contributed by atoms with van der Waals surface area (Å²) in [5.41, 5.74) is 2.94. The molecule has 0 unspecified atom stereocenters. The van der Waals surface area contributed by atoms with Gasteiger partial charge in [0.25, 0.3) is 5.56 Å². The second-order valence-electron chi connectivity index (χ2n) is 6.88. The number of carbonyl (C=O) groups is 1. The van der Waals surface area contributed by atoms with Gasteiger partial charge in [-0.2, -0.15) is 0 Å². The number of rotatable bonds is 7. The van der Waals surface area contributed by atoms with E-state index in [1.807, 2.05) is 43.3 Å². The van der Waals surface area contributed by atoms with Gasteiger partial charge in [0, 0.05) is 26.0 Å². The van der Waals surface area contributed by atoms with Crippen molar-refractivity contribution in [1.29, 1.82) is 0 Å². The van der Waals surface area contributed by atoms with Gasteiger partial charge in [0.2, 0.25) is 0 Å². The van der Waals surface area contributed by atoms with Gasteiger partial charge < -0.3 is 9.64 Å². The van der Waals surface area contributed by atoms with Crippen molar-refractivity contribution in [2.45, 2.75) is 13.0 Å². The van der Waals surface area contributed by atoms with E-state index in [2.05, 4.69) is 10.1 Å². The molecule has 30 heavy (non-hydrogen) atoms. The normalized spacial score (nSPS) is 11.1. The van der Waals surface area contributed by atoms with Crippen LogP contribution in [-0.4, -0.2) is 43.2 Å². The zero-order valence-electron chi connectivity index (χ0n) is 17.1. The van der Waals surface area contributed by atoms with Crippen molar-refractivity contribution in [3.05, 3.63) is 80.7 Å². The summed E-state index contributed by atoms with van der Waals surface area (Å²) < 4.78 is 6.07. The maximum Gasteiger partial charge on any atom is 0.311 e. The number of nitrogens with zero attached hydrogens (tertiary/aromatic N) is 3. The van der Waals surface area contributed by atoms with E-state index in [0.717, 1.165) is 11.3 Å². The van der Waals surface area contributed by atoms with Crippen LogP contribution in [0.2, 0.25) is 5.02 Å². The van der Waals surface area contributed by atoms with Crippen LogP contribution in [0.4, 0.5) is 5.69 Å². The van der Waals surface area contributed by atoms with Gasteiger partial charge in [0.15, 0.2) is 0 Å². The summed E-state index contributed by atoms with van der Waals surface area (Å²) >= 11 is 6.24. The zero-order chi connectivity index (χ0) is 21.7. The number of halogens is 1. The van der Waals surface area contributed by atoms with Gasteiger partial charge in [0.05, 0.1) is 42.0 Å². The van der Waals surface area contributed by atoms with Gasteiger partial charge in [-0.3, -0.25) is 19.7 Å². The molecule has 0 radical (unpaired) electrons. The summed E-state index contributed by atoms with van der Waals surface area (Å²) in [6.45, 7) is 0.399. The highest BCUT2D eigenvalue weighted by Gasteiger charge is 2.18. The summed E-state index contributed by atoms with van der Waals surface area (Å²) in [5.74, 6) is -0.462. The predicted molar refractivity (Wildman–Crippen MR) is 119 cm³/mol. The van der Waals surface area contributed by atoms with Crippen molar-refractivity contribution in [3.8, 4) is 5.69 Å². The second-order valence-corrected chi connectivity index (χ2v) is 7.29. The van der Waals surface area contributed by atoms with E-state index in [-0.39, 0.29) is 12.0 Å². The van der Waals surface area contributed by atoms with E-state index < -0.39 is 5.97 Å². The molecule has 0 aliphatic rings. The first-order valence-corrected chi connectivity index (χ1v) is 9.70. The standard InChI is InChI=1S/C22H23ClN4O3/c1-26(2)16-8-6-7-15(11-16)13-24-14-17-19(12-21(28)30-3)25-27(22(17)29)20-10-5-4-9-18(20)23/h4-11,14,25H,12-13H2,1-3H3. The lowest BCUT2D eigenvalue weighted by Gasteiger charge is -2.12. The number of hydrogen-bond donors (Lipinski definition) is 1. The largest absolute Gasteiger partial charge is 0.469 e. The van der Waals surface area contributed by atoms with E-state index in [4.69, 9.17) is 16.3 Å². The molecule has 0 aliphatic heterocycles. The molecule has 1 N–H and O–H groups in total. The number of H-pyrrole nitrogens is 1. The second kappa shape index (κ2) is 9.45. The minimum absolute atomic E-state index is 0.0827. The predicted octanol–water partition coefficient (Wildman–Crippen LogP) is 3.22. The maximum atomic E-state index is 13.0. The Labute approximate surface area is 179 Å². The number of benzene rings is 2. The van der Waals surface area contributed by atoms with Crippen LogP contribution in [0.5, 0.6) is 0 Å². The van der Waals surface area contributed by atoms with Crippen LogP contribution < -0.4 is 10.5 Å². The molecule has 0 spiro atoms. The van der Waals surface area contributed by atoms with Crippen molar-refractivity contribution in [1.82, 2.24) is 9.78 Å². The fourth-order valence-corrected chi connectivity index (χ4v) is 3.18. The molecule has 2 aromatic carbocycles. The summed E-state index contributed by atoms with van der Waals surface area (Å²) in [5, 5.41) is 3.38. The zero-order valence-corrected chi connectivity index (χ0v) is 17.8. The van der Waals surface area contributed by atoms with Gasteiger partial charge in [-0.25, -0.2) is 4.68 Å². The molecule has 0 fully saturated rings. The fourth-order valence-electron chi connectivity index (χ4n) is 2.96. The van der Waals surface area contributed by atoms with Crippen LogP contribution in [0.25, 0.3) is 5.69 Å². The number of carbonyl (C=O) groups excluding carboxylic acids is 1. The molecule has 0 saturated carbocycles. The Bertz CT molecular complexity index is 1130. The Morgan fingerprint density at radius 1 is 1.23 bits per heavy atom. The van der Waals surface area contributed by atoms with Gasteiger partial charge in [-0.1, -0.05) is 35.9 Å². The molecule has 3 rings (SSSR count). The van der Waals surface area contributed by atoms with E-state index in [0.29, 0.717) is 28.5 Å². The molecule has 0 aliphatic carbocycles. The van der Waals surface area contributed by atoms with Crippen LogP contribution >= 0.6 is 11.6 Å². The number of esters is 1. The Balaban J connectivity index is 1.95. The lowest BCUT2D eigenvalue weighted by Crippen LogP contribution is -2.17. The first-order valence-electron chi connectivity index (χ1n) is 9.32. The first-order chi connectivity index (χ1) is 14.4. The first kappa shape index (κ1) is 21.4. The molecule has 0 atom stereocenters. The number of hydrogen-bond acceptors (Lipinski definition) is 5. The molecule has 8 heteroatoms. The minimum atomic E-state index is -0.462. The summed E-state index contributed by atoms with van der Waals surface area (Å²) in [4.78, 5) is 31.3. The van der Waals surface area contributed by atoms with Crippen molar-refractivity contribution in [2.24, 2.45) is 4.99 Å². The average Bonchev–Trinajstić information content (AvgIpc) is 3.03. The van der Waals surface area contributed by atoms with Crippen LogP contribution in [0.3, 0.4) is 0 Å². The molecule has 0 bridgehead atoms. The molecule has 3 aromatic rings. The van der Waals surface area contributed by atoms with E-state index in [1.54, 1.807) is 24.3 Å². The maximum absolute atomic E-state index is 13.0. The molecule has 1 heterocycles. The molecule has 156 valence electrons. The number of aromatic nitrogens is 2. The average molecular weight is 427 g/mol. The third-order valence-electron chi connectivity index (χ3n) is 4.57. The van der Waals surface area contributed by atoms with Crippen molar-refractivity contribution in [3.63, 3.8) is 0 Å². The van der Waals surface area contributed by atoms with Gasteiger partial charge in [-0.15, -0.1) is 0 Å². The topological polar surface area (TPSA) is 79.7 Å². The quantitative estimate of drug-likeness (QED) is 0.464. The van der Waals surface area contributed by atoms with Gasteiger partial charge in [0.1, 0.15) is 0 Å². The van der Waals surface area contributed by atoms with Crippen molar-refractivity contribution in [2.75, 3.05) is 26.1 Å². The number of aliphatic imine (C=N–C) groups is 1. The Hall–Kier alpha value is -3.32. The van der Waals surface area contributed by atoms with Crippen molar-refractivity contribution >= 4 is 29.5 Å². The van der Waals surface area contributed by atoms with E-state index in [9.17, 15) is 9.59 Å². The smallest absolute Gasteiger partial charge is 0.311 e. The lowest BCUT2D eigenvalue weighted by molar-refractivity contribution is -0.139. The van der Waals surface area contributed by atoms with Crippen molar-refractivity contribution < 1.29 is 9.53 Å². The number of ether oxygens (including phenoxy) is 1. The number of nitrogens with one attached hydrogen (secondary N) is 1. The van der Waals surface area contributed by atoms with Crippen LogP contribution in [0.15, 0.2) is 58.3 Å². The molecular formula is C22H23ClN4O3. The number of para-hydroxylation sites is 1. The third kappa shape index (κ3) is 4.80. The highest BCUT2D eigenvalue weighted by atomic mass is 35.5. The number of methoxy groups -OCH3 is 1. The van der Waals surface area contributed by atoms with E-state index >= 15 is 0 Å². The van der Waals surface area contributed by atoms with E-state index in [1.165, 1.54) is 18.0 Å². The Morgan fingerprint density at radius 3 is 2.70 bits per heavy atom. The highest BCUT2D eigenvalue weighted by molar-refractivity contribution is 6.32. The molecule has 0 amide bonds. The SMILES string of the molecule is COC(=O)Cc1[nH]n(-c2ccccc2Cl)c(=O)c1C=NCc1cccc(N(C)C)c1. The number of aromatic amines is 1. The molecule has 7 nitrogen and oxygen atoms in total. The summed E-state index contributed by atoms with van der Waals surface area (Å²) in [7, 11) is 5.24. The van der Waals surface area contributed by atoms with Crippen LogP contribution in [-0.2, 0) is 22.5 Å². The number of anilines is 1. The third-order valence-corrected chi connectivity index (χ3v) is 4.89. The summed E-state index contributed by atoms with van der Waals surface area (Å²) in [6, 6.07) is 14.9. The highest BCUT2D eigenvalue weighted by Crippen LogP contribution is 2.19. The molecular weight excluding hydrogens is 404 g/mol. The van der Waals surface area contributed by atoms with Gasteiger partial charge in [-0.05, 0) is 29.8 Å². The summed E-state index contributed by atoms with van der Waals surface area (Å²) in [6.07, 6.45) is 1.41. The Morgan fingerprint density at radius 2 is 2.00 bits per heavy atom. The van der Waals surface area contributed by atoms with Crippen LogP contribution in [0, 0.1) is 0 Å². The lowest BCUT2D eigenvalue weighted by atomic mass is 10.2. The molecule has 0 saturated heterocycles. The minimum Gasteiger partial charge on any atom is -0.469 e. The Kier molecular flexibility index (Phi) is 6.74. The van der Waals surface area contributed by atoms with Gasteiger partial charge >= 0.3 is 5.97 Å².